The number of likely N-dealkylation sites (N-methyl/N-ethyl adjacent to an activating group) is 1. The normalized spacial score (nSPS) is 19.0. The zero-order valence-corrected chi connectivity index (χ0v) is 23.5. The van der Waals surface area contributed by atoms with Gasteiger partial charge in [0.05, 0.1) is 30.5 Å². The number of halogens is 2. The van der Waals surface area contributed by atoms with Crippen molar-refractivity contribution in [1.82, 2.24) is 9.21 Å². The SMILES string of the molecule is C[C@H]1CN([C@@H](C)CO)S(=O)(=O)c2ccc(-c3cccc(C#N)c3)cc2O[C@H]1CN(C)C(=O)Nc1cc(F)ccc1F. The van der Waals surface area contributed by atoms with Crippen LogP contribution in [0.1, 0.15) is 19.4 Å². The minimum absolute atomic E-state index is 0.00584. The van der Waals surface area contributed by atoms with Crippen LogP contribution in [0.4, 0.5) is 19.3 Å². The smallest absolute Gasteiger partial charge is 0.321 e. The van der Waals surface area contributed by atoms with Crippen molar-refractivity contribution < 1.29 is 31.8 Å². The summed E-state index contributed by atoms with van der Waals surface area (Å²) in [5.41, 5.74) is 1.39. The van der Waals surface area contributed by atoms with Crippen LogP contribution in [0, 0.1) is 28.9 Å². The molecule has 1 aliphatic rings. The average Bonchev–Trinajstić information content (AvgIpc) is 2.96. The van der Waals surface area contributed by atoms with Crippen molar-refractivity contribution in [1.29, 1.82) is 5.26 Å². The van der Waals surface area contributed by atoms with Crippen LogP contribution >= 0.6 is 0 Å². The lowest BCUT2D eigenvalue weighted by atomic mass is 10.0. The first-order chi connectivity index (χ1) is 19.4. The van der Waals surface area contributed by atoms with Gasteiger partial charge in [-0.05, 0) is 54.4 Å². The summed E-state index contributed by atoms with van der Waals surface area (Å²) in [6.45, 7) is 2.91. The first kappa shape index (κ1) is 29.9. The largest absolute Gasteiger partial charge is 0.487 e. The van der Waals surface area contributed by atoms with E-state index in [1.165, 1.54) is 22.3 Å². The Morgan fingerprint density at radius 1 is 1.20 bits per heavy atom. The van der Waals surface area contributed by atoms with Crippen molar-refractivity contribution in [3.8, 4) is 22.9 Å². The standard InChI is InChI=1S/C29H30F2N4O5S/c1-18-15-35(19(2)17-36)41(38,39)28-10-7-22(21-6-4-5-20(11-21)14-32)12-26(28)40-27(18)16-34(3)29(37)33-25-13-23(30)8-9-24(25)31/h4-13,18-19,27,36H,15-17H2,1-3H3,(H,33,37)/t18-,19-,27-/m0/s1. The summed E-state index contributed by atoms with van der Waals surface area (Å²) in [5.74, 6) is -1.93. The van der Waals surface area contributed by atoms with E-state index in [0.717, 1.165) is 18.2 Å². The van der Waals surface area contributed by atoms with Gasteiger partial charge >= 0.3 is 6.03 Å². The van der Waals surface area contributed by atoms with Gasteiger partial charge in [0.1, 0.15) is 28.4 Å². The van der Waals surface area contributed by atoms with Gasteiger partial charge in [-0.3, -0.25) is 0 Å². The van der Waals surface area contributed by atoms with Crippen molar-refractivity contribution in [2.45, 2.75) is 30.9 Å². The Labute approximate surface area is 237 Å². The second kappa shape index (κ2) is 12.2. The number of benzene rings is 3. The molecule has 216 valence electrons. The number of carbonyl (C=O) groups excluding carboxylic acids is 1. The zero-order valence-electron chi connectivity index (χ0n) is 22.7. The summed E-state index contributed by atoms with van der Waals surface area (Å²) in [6.07, 6.45) is -0.730. The van der Waals surface area contributed by atoms with Crippen LogP contribution in [0.2, 0.25) is 0 Å². The number of ether oxygens (including phenoxy) is 1. The van der Waals surface area contributed by atoms with Crippen LogP contribution in [-0.2, 0) is 10.0 Å². The molecule has 0 spiro atoms. The molecule has 1 heterocycles. The van der Waals surface area contributed by atoms with Gasteiger partial charge < -0.3 is 20.1 Å². The number of anilines is 1. The van der Waals surface area contributed by atoms with Crippen LogP contribution in [0.25, 0.3) is 11.1 Å². The zero-order chi connectivity index (χ0) is 29.9. The average molecular weight is 585 g/mol. The third-order valence-corrected chi connectivity index (χ3v) is 8.98. The summed E-state index contributed by atoms with van der Waals surface area (Å²) >= 11 is 0. The van der Waals surface area contributed by atoms with E-state index in [1.807, 2.05) is 0 Å². The Kier molecular flexibility index (Phi) is 8.92. The lowest BCUT2D eigenvalue weighted by molar-refractivity contribution is 0.0830. The Morgan fingerprint density at radius 3 is 2.63 bits per heavy atom. The highest BCUT2D eigenvalue weighted by Crippen LogP contribution is 2.36. The third kappa shape index (κ3) is 6.48. The predicted octanol–water partition coefficient (Wildman–Crippen LogP) is 4.44. The summed E-state index contributed by atoms with van der Waals surface area (Å²) in [5, 5.41) is 21.5. The number of hydrogen-bond acceptors (Lipinski definition) is 6. The van der Waals surface area contributed by atoms with E-state index >= 15 is 0 Å². The highest BCUT2D eigenvalue weighted by molar-refractivity contribution is 7.89. The quantitative estimate of drug-likeness (QED) is 0.442. The molecule has 2 amide bonds. The molecule has 3 atom stereocenters. The Hall–Kier alpha value is -4.05. The number of rotatable bonds is 6. The molecule has 3 aromatic carbocycles. The molecule has 0 bridgehead atoms. The number of aliphatic hydroxyl groups is 1. The van der Waals surface area contributed by atoms with E-state index < -0.39 is 52.4 Å². The van der Waals surface area contributed by atoms with Gasteiger partial charge in [-0.2, -0.15) is 9.57 Å². The molecular formula is C29H30F2N4O5S. The number of amides is 2. The number of aliphatic hydroxyl groups excluding tert-OH is 1. The number of urea groups is 1. The first-order valence-electron chi connectivity index (χ1n) is 12.9. The van der Waals surface area contributed by atoms with E-state index in [2.05, 4.69) is 11.4 Å². The van der Waals surface area contributed by atoms with E-state index in [-0.39, 0.29) is 29.4 Å². The van der Waals surface area contributed by atoms with E-state index in [1.54, 1.807) is 50.2 Å². The fourth-order valence-corrected chi connectivity index (χ4v) is 6.37. The summed E-state index contributed by atoms with van der Waals surface area (Å²) in [7, 11) is -2.64. The summed E-state index contributed by atoms with van der Waals surface area (Å²) < 4.78 is 62.6. The van der Waals surface area contributed by atoms with E-state index in [4.69, 9.17) is 4.74 Å². The van der Waals surface area contributed by atoms with Gasteiger partial charge in [-0.1, -0.05) is 25.1 Å². The highest BCUT2D eigenvalue weighted by atomic mass is 32.2. The second-order valence-electron chi connectivity index (χ2n) is 10.0. The second-order valence-corrected chi connectivity index (χ2v) is 11.9. The van der Waals surface area contributed by atoms with Crippen LogP contribution in [-0.4, -0.2) is 67.7 Å². The van der Waals surface area contributed by atoms with Gasteiger partial charge in [0, 0.05) is 31.6 Å². The number of fused-ring (bicyclic) bond motifs is 1. The number of sulfonamides is 1. The van der Waals surface area contributed by atoms with Gasteiger partial charge in [0.2, 0.25) is 10.0 Å². The summed E-state index contributed by atoms with van der Waals surface area (Å²) in [4.78, 5) is 14.0. The fraction of sp³-hybridized carbons (Fsp3) is 0.310. The third-order valence-electron chi connectivity index (χ3n) is 6.96. The van der Waals surface area contributed by atoms with Crippen LogP contribution < -0.4 is 10.1 Å². The van der Waals surface area contributed by atoms with Crippen LogP contribution in [0.15, 0.2) is 65.6 Å². The minimum Gasteiger partial charge on any atom is -0.487 e. The molecule has 0 aromatic heterocycles. The molecule has 0 saturated carbocycles. The lowest BCUT2D eigenvalue weighted by Crippen LogP contribution is -2.50. The summed E-state index contributed by atoms with van der Waals surface area (Å²) in [6, 6.07) is 14.8. The Bertz CT molecular complexity index is 1590. The fourth-order valence-electron chi connectivity index (χ4n) is 4.55. The molecule has 41 heavy (non-hydrogen) atoms. The van der Waals surface area contributed by atoms with E-state index in [9.17, 15) is 32.4 Å². The van der Waals surface area contributed by atoms with Crippen molar-refractivity contribution in [2.75, 3.05) is 32.1 Å². The van der Waals surface area contributed by atoms with Crippen LogP contribution in [0.3, 0.4) is 0 Å². The van der Waals surface area contributed by atoms with Gasteiger partial charge in [0.25, 0.3) is 0 Å². The first-order valence-corrected chi connectivity index (χ1v) is 14.3. The van der Waals surface area contributed by atoms with Gasteiger partial charge in [-0.15, -0.1) is 0 Å². The number of carbonyl (C=O) groups is 1. The molecule has 1 aliphatic heterocycles. The number of nitriles is 1. The van der Waals surface area contributed by atoms with Gasteiger partial charge in [-0.25, -0.2) is 22.0 Å². The topological polar surface area (TPSA) is 123 Å². The highest BCUT2D eigenvalue weighted by Gasteiger charge is 2.38. The van der Waals surface area contributed by atoms with Crippen molar-refractivity contribution in [3.63, 3.8) is 0 Å². The maximum atomic E-state index is 14.1. The van der Waals surface area contributed by atoms with Crippen LogP contribution in [0.5, 0.6) is 5.75 Å². The molecule has 3 aromatic rings. The molecular weight excluding hydrogens is 554 g/mol. The molecule has 0 unspecified atom stereocenters. The molecule has 0 aliphatic carbocycles. The van der Waals surface area contributed by atoms with Crippen molar-refractivity contribution in [3.05, 3.63) is 77.9 Å². The van der Waals surface area contributed by atoms with Crippen molar-refractivity contribution >= 4 is 21.7 Å². The molecule has 0 fully saturated rings. The number of nitrogens with zero attached hydrogens (tertiary/aromatic N) is 3. The Balaban J connectivity index is 1.71. The lowest BCUT2D eigenvalue weighted by Gasteiger charge is -2.37. The number of nitrogens with one attached hydrogen (secondary N) is 1. The van der Waals surface area contributed by atoms with E-state index in [0.29, 0.717) is 16.7 Å². The van der Waals surface area contributed by atoms with Crippen molar-refractivity contribution in [2.24, 2.45) is 5.92 Å². The Morgan fingerprint density at radius 2 is 1.93 bits per heavy atom. The molecule has 0 radical (unpaired) electrons. The maximum absolute atomic E-state index is 14.1. The van der Waals surface area contributed by atoms with Gasteiger partial charge in [0.15, 0.2) is 0 Å². The molecule has 12 heteroatoms. The monoisotopic (exact) mass is 584 g/mol. The minimum atomic E-state index is -4.09. The molecule has 2 N–H and O–H groups in total. The molecule has 4 rings (SSSR count). The molecule has 9 nitrogen and oxygen atoms in total. The molecule has 0 saturated heterocycles. The number of hydrogen-bond donors (Lipinski definition) is 2. The maximum Gasteiger partial charge on any atom is 0.321 e. The predicted molar refractivity (Wildman–Crippen MR) is 149 cm³/mol.